The number of piperazine rings is 1. The number of benzene rings is 3. The van der Waals surface area contributed by atoms with E-state index in [1.54, 1.807) is 23.5 Å². The number of anilines is 1. The fourth-order valence-corrected chi connectivity index (χ4v) is 7.06. The Morgan fingerprint density at radius 2 is 1.68 bits per heavy atom. The van der Waals surface area contributed by atoms with Gasteiger partial charge < -0.3 is 9.80 Å². The maximum atomic E-state index is 13.2. The summed E-state index contributed by atoms with van der Waals surface area (Å²) < 4.78 is 29.1. The molecule has 0 aliphatic carbocycles. The van der Waals surface area contributed by atoms with Crippen LogP contribution in [-0.4, -0.2) is 61.2 Å². The van der Waals surface area contributed by atoms with Gasteiger partial charge >= 0.3 is 0 Å². The second-order valence-electron chi connectivity index (χ2n) is 9.19. The molecule has 9 heteroatoms. The van der Waals surface area contributed by atoms with Crippen LogP contribution in [0.4, 0.5) is 5.13 Å². The molecule has 1 aliphatic heterocycles. The van der Waals surface area contributed by atoms with Crippen molar-refractivity contribution in [3.63, 3.8) is 0 Å². The zero-order chi connectivity index (χ0) is 26.0. The van der Waals surface area contributed by atoms with Crippen LogP contribution in [0.1, 0.15) is 28.4 Å². The summed E-state index contributed by atoms with van der Waals surface area (Å²) in [5, 5.41) is 0.984. The Kier molecular flexibility index (Phi) is 7.28. The summed E-state index contributed by atoms with van der Waals surface area (Å²) in [4.78, 5) is 22.2. The summed E-state index contributed by atoms with van der Waals surface area (Å²) in [6.45, 7) is 7.17. The van der Waals surface area contributed by atoms with Gasteiger partial charge in [0.15, 0.2) is 5.13 Å². The number of amides is 1. The Labute approximate surface area is 222 Å². The molecule has 0 spiro atoms. The first kappa shape index (κ1) is 25.4. The van der Waals surface area contributed by atoms with Crippen molar-refractivity contribution < 1.29 is 13.2 Å². The predicted octanol–water partition coefficient (Wildman–Crippen LogP) is 4.78. The van der Waals surface area contributed by atoms with E-state index >= 15 is 0 Å². The summed E-state index contributed by atoms with van der Waals surface area (Å²) in [5.74, 6) is -0.0832. The van der Waals surface area contributed by atoms with Crippen LogP contribution in [0.3, 0.4) is 0 Å². The lowest BCUT2D eigenvalue weighted by Crippen LogP contribution is -2.48. The van der Waals surface area contributed by atoms with E-state index in [-0.39, 0.29) is 10.8 Å². The quantitative estimate of drug-likeness (QED) is 0.341. The van der Waals surface area contributed by atoms with E-state index in [2.05, 4.69) is 30.0 Å². The maximum absolute atomic E-state index is 13.2. The van der Waals surface area contributed by atoms with E-state index in [1.165, 1.54) is 26.7 Å². The fourth-order valence-electron chi connectivity index (χ4n) is 4.51. The second-order valence-corrected chi connectivity index (χ2v) is 12.1. The molecular formula is C28H30N4O3S2. The number of hydrogen-bond donors (Lipinski definition) is 0. The van der Waals surface area contributed by atoms with Crippen molar-refractivity contribution in [2.45, 2.75) is 25.3 Å². The van der Waals surface area contributed by atoms with Crippen molar-refractivity contribution in [1.29, 1.82) is 0 Å². The molecule has 4 aromatic rings. The van der Waals surface area contributed by atoms with Crippen molar-refractivity contribution in [2.75, 3.05) is 37.6 Å². The first-order chi connectivity index (χ1) is 17.8. The minimum Gasteiger partial charge on any atom is -0.345 e. The first-order valence-electron chi connectivity index (χ1n) is 12.4. The lowest BCUT2D eigenvalue weighted by Gasteiger charge is -2.34. The molecule has 1 amide bonds. The number of aryl methyl sites for hydroxylation is 1. The number of hydrogen-bond acceptors (Lipinski definition) is 6. The van der Waals surface area contributed by atoms with E-state index in [0.29, 0.717) is 44.8 Å². The highest BCUT2D eigenvalue weighted by atomic mass is 32.2. The maximum Gasteiger partial charge on any atom is 0.253 e. The predicted molar refractivity (Wildman–Crippen MR) is 149 cm³/mol. The van der Waals surface area contributed by atoms with Crippen molar-refractivity contribution >= 4 is 42.6 Å². The Balaban J connectivity index is 1.23. The Morgan fingerprint density at radius 3 is 2.35 bits per heavy atom. The van der Waals surface area contributed by atoms with Gasteiger partial charge in [0, 0.05) is 44.8 Å². The van der Waals surface area contributed by atoms with Gasteiger partial charge in [0.2, 0.25) is 10.0 Å². The van der Waals surface area contributed by atoms with Gasteiger partial charge in [0.1, 0.15) is 0 Å². The summed E-state index contributed by atoms with van der Waals surface area (Å²) in [6.07, 6.45) is 0. The molecule has 5 rings (SSSR count). The van der Waals surface area contributed by atoms with Crippen LogP contribution < -0.4 is 4.90 Å². The van der Waals surface area contributed by atoms with Gasteiger partial charge in [0.05, 0.1) is 15.1 Å². The molecule has 0 unspecified atom stereocenters. The number of aromatic nitrogens is 1. The fraction of sp³-hybridized carbons (Fsp3) is 0.286. The molecule has 192 valence electrons. The number of fused-ring (bicyclic) bond motifs is 1. The molecule has 1 aliphatic rings. The Hall–Kier alpha value is -3.27. The zero-order valence-electron chi connectivity index (χ0n) is 21.0. The van der Waals surface area contributed by atoms with E-state index in [0.717, 1.165) is 16.2 Å². The van der Waals surface area contributed by atoms with Crippen LogP contribution in [0.25, 0.3) is 10.2 Å². The van der Waals surface area contributed by atoms with Crippen molar-refractivity contribution in [3.05, 3.63) is 89.5 Å². The molecule has 3 aromatic carbocycles. The lowest BCUT2D eigenvalue weighted by molar-refractivity contribution is 0.0746. The molecule has 7 nitrogen and oxygen atoms in total. The molecule has 0 N–H and O–H groups in total. The van der Waals surface area contributed by atoms with Gasteiger partial charge in [-0.2, -0.15) is 4.31 Å². The molecule has 0 saturated carbocycles. The third kappa shape index (κ3) is 5.39. The van der Waals surface area contributed by atoms with Crippen LogP contribution in [0.15, 0.2) is 77.7 Å². The number of rotatable bonds is 7. The average molecular weight is 535 g/mol. The normalized spacial score (nSPS) is 14.5. The van der Waals surface area contributed by atoms with Gasteiger partial charge in [-0.25, -0.2) is 13.4 Å². The van der Waals surface area contributed by atoms with Crippen LogP contribution in [-0.2, 0) is 16.6 Å². The standard InChI is InChI=1S/C28H30N4O3S2/c1-3-32(20-22-7-5-4-6-8-22)37(34,35)24-12-10-23(11-13-24)27(33)30-15-17-31(18-16-30)28-29-25-14-9-21(2)19-26(25)36-28/h4-14,19H,3,15-18,20H2,1-2H3. The molecule has 1 saturated heterocycles. The zero-order valence-corrected chi connectivity index (χ0v) is 22.6. The summed E-state index contributed by atoms with van der Waals surface area (Å²) in [6, 6.07) is 22.1. The van der Waals surface area contributed by atoms with Gasteiger partial charge in [-0.15, -0.1) is 0 Å². The molecule has 2 heterocycles. The third-order valence-electron chi connectivity index (χ3n) is 6.66. The van der Waals surface area contributed by atoms with Crippen LogP contribution >= 0.6 is 11.3 Å². The minimum absolute atomic E-state index is 0.0832. The molecule has 0 radical (unpaired) electrons. The molecule has 1 fully saturated rings. The summed E-state index contributed by atoms with van der Waals surface area (Å²) in [5.41, 5.74) is 3.65. The average Bonchev–Trinajstić information content (AvgIpc) is 3.35. The smallest absolute Gasteiger partial charge is 0.253 e. The highest BCUT2D eigenvalue weighted by Gasteiger charge is 2.26. The molecule has 0 bridgehead atoms. The van der Waals surface area contributed by atoms with E-state index in [9.17, 15) is 13.2 Å². The van der Waals surface area contributed by atoms with Crippen molar-refractivity contribution in [2.24, 2.45) is 0 Å². The number of carbonyl (C=O) groups excluding carboxylic acids is 1. The molecule has 0 atom stereocenters. The monoisotopic (exact) mass is 534 g/mol. The first-order valence-corrected chi connectivity index (χ1v) is 14.7. The van der Waals surface area contributed by atoms with Crippen LogP contribution in [0, 0.1) is 6.92 Å². The van der Waals surface area contributed by atoms with E-state index < -0.39 is 10.0 Å². The largest absolute Gasteiger partial charge is 0.345 e. The SMILES string of the molecule is CCN(Cc1ccccc1)S(=O)(=O)c1ccc(C(=O)N2CCN(c3nc4ccc(C)cc4s3)CC2)cc1. The number of sulfonamides is 1. The topological polar surface area (TPSA) is 73.8 Å². The van der Waals surface area contributed by atoms with Crippen LogP contribution in [0.5, 0.6) is 0 Å². The van der Waals surface area contributed by atoms with Crippen LogP contribution in [0.2, 0.25) is 0 Å². The van der Waals surface area contributed by atoms with Gasteiger partial charge in [0.25, 0.3) is 5.91 Å². The third-order valence-corrected chi connectivity index (χ3v) is 9.68. The van der Waals surface area contributed by atoms with Crippen molar-refractivity contribution in [3.8, 4) is 0 Å². The second kappa shape index (κ2) is 10.6. The summed E-state index contributed by atoms with van der Waals surface area (Å²) >= 11 is 1.68. The molecule has 37 heavy (non-hydrogen) atoms. The highest BCUT2D eigenvalue weighted by Crippen LogP contribution is 2.30. The number of thiazole rings is 1. The summed E-state index contributed by atoms with van der Waals surface area (Å²) in [7, 11) is -3.67. The lowest BCUT2D eigenvalue weighted by atomic mass is 10.2. The van der Waals surface area contributed by atoms with Crippen molar-refractivity contribution in [1.82, 2.24) is 14.2 Å². The molecule has 1 aromatic heterocycles. The highest BCUT2D eigenvalue weighted by molar-refractivity contribution is 7.89. The minimum atomic E-state index is -3.67. The Morgan fingerprint density at radius 1 is 0.973 bits per heavy atom. The van der Waals surface area contributed by atoms with Gasteiger partial charge in [-0.3, -0.25) is 4.79 Å². The van der Waals surface area contributed by atoms with E-state index in [1.807, 2.05) is 42.2 Å². The van der Waals surface area contributed by atoms with E-state index in [4.69, 9.17) is 4.98 Å². The number of carbonyl (C=O) groups is 1. The number of nitrogens with zero attached hydrogens (tertiary/aromatic N) is 4. The van der Waals surface area contributed by atoms with Gasteiger partial charge in [-0.05, 0) is 54.4 Å². The molecular weight excluding hydrogens is 504 g/mol. The Bertz CT molecular complexity index is 1490. The van der Waals surface area contributed by atoms with Gasteiger partial charge in [-0.1, -0.05) is 54.7 Å².